The number of likely N-dealkylation sites (N-methyl/N-ethyl adjacent to an activating group) is 1. The van der Waals surface area contributed by atoms with E-state index in [0.29, 0.717) is 6.54 Å². The molecule has 2 heterocycles. The minimum atomic E-state index is -0.507. The SMILES string of the molecule is CCN1CCN(c2ccc(CNC(=O)COc3cccc([N+](=O)[O-])c3)cn2)CC1. The molecule has 1 aliphatic rings. The lowest BCUT2D eigenvalue weighted by atomic mass is 10.2. The summed E-state index contributed by atoms with van der Waals surface area (Å²) in [6, 6.07) is 9.67. The number of nitro benzene ring substituents is 1. The van der Waals surface area contributed by atoms with Crippen LogP contribution in [0.25, 0.3) is 0 Å². The maximum absolute atomic E-state index is 12.0. The number of non-ortho nitro benzene ring substituents is 1. The van der Waals surface area contributed by atoms with Gasteiger partial charge in [-0.3, -0.25) is 14.9 Å². The second-order valence-electron chi connectivity index (χ2n) is 6.77. The van der Waals surface area contributed by atoms with E-state index in [-0.39, 0.29) is 24.0 Å². The predicted octanol–water partition coefficient (Wildman–Crippen LogP) is 1.83. The molecule has 1 aliphatic heterocycles. The van der Waals surface area contributed by atoms with Gasteiger partial charge in [-0.2, -0.15) is 0 Å². The van der Waals surface area contributed by atoms with E-state index in [9.17, 15) is 14.9 Å². The Morgan fingerprint density at radius 3 is 2.69 bits per heavy atom. The molecule has 0 spiro atoms. The highest BCUT2D eigenvalue weighted by Crippen LogP contribution is 2.19. The summed E-state index contributed by atoms with van der Waals surface area (Å²) in [5.74, 6) is 0.921. The Morgan fingerprint density at radius 1 is 1.24 bits per heavy atom. The van der Waals surface area contributed by atoms with Crippen molar-refractivity contribution in [2.24, 2.45) is 0 Å². The van der Waals surface area contributed by atoms with Gasteiger partial charge in [0.05, 0.1) is 11.0 Å². The summed E-state index contributed by atoms with van der Waals surface area (Å²) in [5.41, 5.74) is 0.815. The fourth-order valence-corrected chi connectivity index (χ4v) is 3.09. The average molecular weight is 399 g/mol. The Bertz CT molecular complexity index is 835. The number of hydrogen-bond acceptors (Lipinski definition) is 7. The van der Waals surface area contributed by atoms with Crippen molar-refractivity contribution in [2.75, 3.05) is 44.2 Å². The third kappa shape index (κ3) is 5.89. The first kappa shape index (κ1) is 20.5. The number of amides is 1. The zero-order chi connectivity index (χ0) is 20.6. The third-order valence-electron chi connectivity index (χ3n) is 4.84. The zero-order valence-corrected chi connectivity index (χ0v) is 16.4. The van der Waals surface area contributed by atoms with Crippen LogP contribution in [0.3, 0.4) is 0 Å². The number of nitrogens with zero attached hydrogens (tertiary/aromatic N) is 4. The summed E-state index contributed by atoms with van der Waals surface area (Å²) in [6.45, 7) is 7.39. The number of nitrogens with one attached hydrogen (secondary N) is 1. The van der Waals surface area contributed by atoms with Crippen LogP contribution in [0.5, 0.6) is 5.75 Å². The molecule has 1 N–H and O–H groups in total. The van der Waals surface area contributed by atoms with Gasteiger partial charge in [0.25, 0.3) is 11.6 Å². The van der Waals surface area contributed by atoms with Gasteiger partial charge in [-0.15, -0.1) is 0 Å². The Morgan fingerprint density at radius 2 is 2.03 bits per heavy atom. The van der Waals surface area contributed by atoms with Gasteiger partial charge in [-0.1, -0.05) is 19.1 Å². The van der Waals surface area contributed by atoms with E-state index in [2.05, 4.69) is 27.0 Å². The van der Waals surface area contributed by atoms with Crippen LogP contribution in [0.4, 0.5) is 11.5 Å². The highest BCUT2D eigenvalue weighted by Gasteiger charge is 2.16. The van der Waals surface area contributed by atoms with Crippen molar-refractivity contribution in [3.63, 3.8) is 0 Å². The van der Waals surface area contributed by atoms with Crippen molar-refractivity contribution in [2.45, 2.75) is 13.5 Å². The van der Waals surface area contributed by atoms with Crippen molar-refractivity contribution in [1.82, 2.24) is 15.2 Å². The monoisotopic (exact) mass is 399 g/mol. The highest BCUT2D eigenvalue weighted by atomic mass is 16.6. The van der Waals surface area contributed by atoms with E-state index in [1.807, 2.05) is 12.1 Å². The summed E-state index contributed by atoms with van der Waals surface area (Å²) in [5, 5.41) is 13.5. The number of ether oxygens (including phenoxy) is 1. The van der Waals surface area contributed by atoms with Gasteiger partial charge in [-0.25, -0.2) is 4.98 Å². The molecule has 154 valence electrons. The van der Waals surface area contributed by atoms with Crippen LogP contribution in [0.1, 0.15) is 12.5 Å². The number of benzene rings is 1. The van der Waals surface area contributed by atoms with Crippen molar-refractivity contribution >= 4 is 17.4 Å². The van der Waals surface area contributed by atoms with Gasteiger partial charge < -0.3 is 19.9 Å². The molecule has 0 bridgehead atoms. The molecule has 1 saturated heterocycles. The number of pyridine rings is 1. The Labute approximate surface area is 169 Å². The number of piperazine rings is 1. The van der Waals surface area contributed by atoms with Crippen LogP contribution in [0.2, 0.25) is 0 Å². The van der Waals surface area contributed by atoms with Crippen molar-refractivity contribution < 1.29 is 14.5 Å². The zero-order valence-electron chi connectivity index (χ0n) is 16.4. The summed E-state index contributed by atoms with van der Waals surface area (Å²) < 4.78 is 5.32. The third-order valence-corrected chi connectivity index (χ3v) is 4.84. The van der Waals surface area contributed by atoms with Crippen LogP contribution >= 0.6 is 0 Å². The topological polar surface area (TPSA) is 101 Å². The van der Waals surface area contributed by atoms with Crippen LogP contribution in [0, 0.1) is 10.1 Å². The van der Waals surface area contributed by atoms with E-state index in [0.717, 1.165) is 44.1 Å². The summed E-state index contributed by atoms with van der Waals surface area (Å²) in [6.07, 6.45) is 1.77. The first-order valence-corrected chi connectivity index (χ1v) is 9.61. The number of nitro groups is 1. The fraction of sp³-hybridized carbons (Fsp3) is 0.400. The molecular weight excluding hydrogens is 374 g/mol. The molecule has 0 radical (unpaired) electrons. The highest BCUT2D eigenvalue weighted by molar-refractivity contribution is 5.77. The minimum absolute atomic E-state index is 0.0785. The molecule has 3 rings (SSSR count). The smallest absolute Gasteiger partial charge is 0.273 e. The molecule has 1 amide bonds. The van der Waals surface area contributed by atoms with E-state index >= 15 is 0 Å². The lowest BCUT2D eigenvalue weighted by Gasteiger charge is -2.34. The molecule has 0 unspecified atom stereocenters. The van der Waals surface area contributed by atoms with Gasteiger partial charge in [0.2, 0.25) is 0 Å². The number of carbonyl (C=O) groups excluding carboxylic acids is 1. The van der Waals surface area contributed by atoms with E-state index in [1.165, 1.54) is 18.2 Å². The van der Waals surface area contributed by atoms with Gasteiger partial charge in [0, 0.05) is 45.0 Å². The molecule has 0 saturated carbocycles. The molecule has 2 aromatic rings. The lowest BCUT2D eigenvalue weighted by molar-refractivity contribution is -0.384. The largest absolute Gasteiger partial charge is 0.484 e. The van der Waals surface area contributed by atoms with Gasteiger partial charge in [0.1, 0.15) is 11.6 Å². The van der Waals surface area contributed by atoms with Gasteiger partial charge >= 0.3 is 0 Å². The Hall–Kier alpha value is -3.20. The Kier molecular flexibility index (Phi) is 6.96. The molecule has 9 heteroatoms. The molecular formula is C20H25N5O4. The average Bonchev–Trinajstić information content (AvgIpc) is 2.77. The lowest BCUT2D eigenvalue weighted by Crippen LogP contribution is -2.46. The molecule has 1 fully saturated rings. The normalized spacial score (nSPS) is 14.4. The number of carbonyl (C=O) groups is 1. The molecule has 29 heavy (non-hydrogen) atoms. The van der Waals surface area contributed by atoms with Crippen LogP contribution in [-0.4, -0.2) is 60.0 Å². The van der Waals surface area contributed by atoms with E-state index in [4.69, 9.17) is 4.74 Å². The van der Waals surface area contributed by atoms with Crippen LogP contribution in [-0.2, 0) is 11.3 Å². The number of rotatable bonds is 8. The molecule has 0 aliphatic carbocycles. The van der Waals surface area contributed by atoms with Crippen molar-refractivity contribution in [3.8, 4) is 5.75 Å². The minimum Gasteiger partial charge on any atom is -0.484 e. The maximum Gasteiger partial charge on any atom is 0.273 e. The predicted molar refractivity (Wildman–Crippen MR) is 109 cm³/mol. The summed E-state index contributed by atoms with van der Waals surface area (Å²) >= 11 is 0. The maximum atomic E-state index is 12.0. The molecule has 9 nitrogen and oxygen atoms in total. The number of anilines is 1. The number of aromatic nitrogens is 1. The standard InChI is InChI=1S/C20H25N5O4/c1-2-23-8-10-24(11-9-23)19-7-6-16(13-21-19)14-22-20(26)15-29-18-5-3-4-17(12-18)25(27)28/h3-7,12-13H,2,8-11,14-15H2,1H3,(H,22,26). The van der Waals surface area contributed by atoms with Gasteiger partial charge in [-0.05, 0) is 24.2 Å². The van der Waals surface area contributed by atoms with Gasteiger partial charge in [0.15, 0.2) is 6.61 Å². The van der Waals surface area contributed by atoms with Crippen molar-refractivity contribution in [1.29, 1.82) is 0 Å². The summed E-state index contributed by atoms with van der Waals surface area (Å²) in [7, 11) is 0. The first-order valence-electron chi connectivity index (χ1n) is 9.61. The van der Waals surface area contributed by atoms with Crippen LogP contribution in [0.15, 0.2) is 42.6 Å². The van der Waals surface area contributed by atoms with E-state index < -0.39 is 4.92 Å². The Balaban J connectivity index is 1.43. The quantitative estimate of drug-likeness (QED) is 0.534. The molecule has 0 atom stereocenters. The van der Waals surface area contributed by atoms with E-state index in [1.54, 1.807) is 12.3 Å². The second-order valence-corrected chi connectivity index (χ2v) is 6.77. The molecule has 1 aromatic heterocycles. The summed E-state index contributed by atoms with van der Waals surface area (Å²) in [4.78, 5) is 31.4. The van der Waals surface area contributed by atoms with Crippen LogP contribution < -0.4 is 15.0 Å². The fourth-order valence-electron chi connectivity index (χ4n) is 3.09. The molecule has 1 aromatic carbocycles. The number of hydrogen-bond donors (Lipinski definition) is 1. The first-order chi connectivity index (χ1) is 14.0. The van der Waals surface area contributed by atoms with Crippen molar-refractivity contribution in [3.05, 3.63) is 58.3 Å². The second kappa shape index (κ2) is 9.83.